The largest absolute Gasteiger partial charge is 0.497 e. The van der Waals surface area contributed by atoms with Gasteiger partial charge >= 0.3 is 5.97 Å². The average Bonchev–Trinajstić information content (AvgIpc) is 2.98. The maximum atomic E-state index is 11.5. The molecule has 0 aliphatic rings. The van der Waals surface area contributed by atoms with Gasteiger partial charge in [0.25, 0.3) is 0 Å². The Kier molecular flexibility index (Phi) is 4.07. The van der Waals surface area contributed by atoms with Crippen LogP contribution in [0.25, 0.3) is 0 Å². The maximum absolute atomic E-state index is 11.5. The van der Waals surface area contributed by atoms with Gasteiger partial charge in [0.15, 0.2) is 0 Å². The van der Waals surface area contributed by atoms with E-state index in [2.05, 4.69) is 15.5 Å². The first-order valence-corrected chi connectivity index (χ1v) is 5.68. The molecule has 1 aromatic carbocycles. The van der Waals surface area contributed by atoms with Gasteiger partial charge in [0.2, 0.25) is 0 Å². The fraction of sp³-hybridized carbons (Fsp3) is 0.333. The molecule has 2 aromatic rings. The molecule has 0 amide bonds. The van der Waals surface area contributed by atoms with Gasteiger partial charge in [0.05, 0.1) is 26.7 Å². The SMILES string of the molecule is COC(=O)C[C@H](c1cccc(OC)c1)n1cnnn1. The number of nitrogens with zero attached hydrogens (tertiary/aromatic N) is 4. The first-order valence-electron chi connectivity index (χ1n) is 5.68. The summed E-state index contributed by atoms with van der Waals surface area (Å²) in [5.74, 6) is 0.378. The van der Waals surface area contributed by atoms with Crippen LogP contribution in [0.2, 0.25) is 0 Å². The van der Waals surface area contributed by atoms with Gasteiger partial charge in [0, 0.05) is 0 Å². The lowest BCUT2D eigenvalue weighted by Gasteiger charge is -2.16. The first-order chi connectivity index (χ1) is 9.24. The fourth-order valence-corrected chi connectivity index (χ4v) is 1.77. The Bertz CT molecular complexity index is 542. The third-order valence-corrected chi connectivity index (χ3v) is 2.75. The molecule has 1 heterocycles. The lowest BCUT2D eigenvalue weighted by molar-refractivity contribution is -0.141. The molecule has 7 heteroatoms. The molecule has 0 aliphatic carbocycles. The Balaban J connectivity index is 2.33. The highest BCUT2D eigenvalue weighted by Crippen LogP contribution is 2.24. The lowest BCUT2D eigenvalue weighted by atomic mass is 10.0. The van der Waals surface area contributed by atoms with Crippen LogP contribution >= 0.6 is 0 Å². The van der Waals surface area contributed by atoms with Crippen molar-refractivity contribution in [1.29, 1.82) is 0 Å². The van der Waals surface area contributed by atoms with Gasteiger partial charge < -0.3 is 9.47 Å². The van der Waals surface area contributed by atoms with E-state index in [4.69, 9.17) is 9.47 Å². The highest BCUT2D eigenvalue weighted by Gasteiger charge is 2.20. The molecule has 0 N–H and O–H groups in total. The summed E-state index contributed by atoms with van der Waals surface area (Å²) < 4.78 is 11.4. The molecule has 100 valence electrons. The van der Waals surface area contributed by atoms with E-state index >= 15 is 0 Å². The fourth-order valence-electron chi connectivity index (χ4n) is 1.77. The smallest absolute Gasteiger partial charge is 0.308 e. The van der Waals surface area contributed by atoms with Crippen LogP contribution in [-0.4, -0.2) is 40.4 Å². The quantitative estimate of drug-likeness (QED) is 0.743. The van der Waals surface area contributed by atoms with Gasteiger partial charge in [-0.1, -0.05) is 12.1 Å². The van der Waals surface area contributed by atoms with Crippen LogP contribution < -0.4 is 4.74 Å². The van der Waals surface area contributed by atoms with Crippen molar-refractivity contribution >= 4 is 5.97 Å². The summed E-state index contributed by atoms with van der Waals surface area (Å²) in [5.41, 5.74) is 0.872. The van der Waals surface area contributed by atoms with E-state index in [1.165, 1.54) is 18.1 Å². The van der Waals surface area contributed by atoms with Gasteiger partial charge in [-0.25, -0.2) is 4.68 Å². The lowest BCUT2D eigenvalue weighted by Crippen LogP contribution is -2.17. The Morgan fingerprint density at radius 3 is 2.89 bits per heavy atom. The van der Waals surface area contributed by atoms with Crippen LogP contribution in [0, 0.1) is 0 Å². The normalized spacial score (nSPS) is 11.9. The second kappa shape index (κ2) is 5.94. The Labute approximate surface area is 110 Å². The Morgan fingerprint density at radius 2 is 2.26 bits per heavy atom. The van der Waals surface area contributed by atoms with Gasteiger partial charge in [-0.3, -0.25) is 4.79 Å². The van der Waals surface area contributed by atoms with Crippen LogP contribution in [0.3, 0.4) is 0 Å². The molecular formula is C12H14N4O3. The second-order valence-electron chi connectivity index (χ2n) is 3.86. The number of hydrogen-bond donors (Lipinski definition) is 0. The first kappa shape index (κ1) is 13.0. The van der Waals surface area contributed by atoms with E-state index in [9.17, 15) is 4.79 Å². The van der Waals surface area contributed by atoms with Gasteiger partial charge in [0.1, 0.15) is 12.1 Å². The molecule has 0 bridgehead atoms. The molecule has 1 aromatic heterocycles. The molecular weight excluding hydrogens is 248 g/mol. The molecule has 0 radical (unpaired) electrons. The molecule has 1 atom stereocenters. The predicted octanol–water partition coefficient (Wildman–Crippen LogP) is 0.834. The molecule has 0 spiro atoms. The molecule has 0 saturated heterocycles. The van der Waals surface area contributed by atoms with Crippen molar-refractivity contribution in [2.45, 2.75) is 12.5 Å². The second-order valence-corrected chi connectivity index (χ2v) is 3.86. The Morgan fingerprint density at radius 1 is 1.42 bits per heavy atom. The summed E-state index contributed by atoms with van der Waals surface area (Å²) in [6, 6.07) is 7.09. The van der Waals surface area contributed by atoms with Crippen molar-refractivity contribution in [3.63, 3.8) is 0 Å². The summed E-state index contributed by atoms with van der Waals surface area (Å²) in [5, 5.41) is 11.0. The number of tetrazole rings is 1. The van der Waals surface area contributed by atoms with Gasteiger partial charge in [-0.15, -0.1) is 5.10 Å². The number of rotatable bonds is 5. The van der Waals surface area contributed by atoms with Crippen molar-refractivity contribution in [2.75, 3.05) is 14.2 Å². The van der Waals surface area contributed by atoms with Crippen LogP contribution in [0.1, 0.15) is 18.0 Å². The van der Waals surface area contributed by atoms with E-state index in [-0.39, 0.29) is 18.4 Å². The highest BCUT2D eigenvalue weighted by molar-refractivity contribution is 5.70. The van der Waals surface area contributed by atoms with Crippen molar-refractivity contribution in [1.82, 2.24) is 20.2 Å². The minimum Gasteiger partial charge on any atom is -0.497 e. The van der Waals surface area contributed by atoms with E-state index in [1.54, 1.807) is 7.11 Å². The zero-order valence-corrected chi connectivity index (χ0v) is 10.7. The van der Waals surface area contributed by atoms with E-state index in [0.717, 1.165) is 5.56 Å². The molecule has 7 nitrogen and oxygen atoms in total. The average molecular weight is 262 g/mol. The number of benzene rings is 1. The van der Waals surface area contributed by atoms with Crippen molar-refractivity contribution in [2.24, 2.45) is 0 Å². The van der Waals surface area contributed by atoms with E-state index < -0.39 is 0 Å². The van der Waals surface area contributed by atoms with Crippen molar-refractivity contribution in [3.05, 3.63) is 36.2 Å². The van der Waals surface area contributed by atoms with Crippen molar-refractivity contribution in [3.8, 4) is 5.75 Å². The number of esters is 1. The zero-order chi connectivity index (χ0) is 13.7. The minimum atomic E-state index is -0.330. The topological polar surface area (TPSA) is 79.1 Å². The maximum Gasteiger partial charge on any atom is 0.308 e. The van der Waals surface area contributed by atoms with Gasteiger partial charge in [-0.2, -0.15) is 0 Å². The monoisotopic (exact) mass is 262 g/mol. The summed E-state index contributed by atoms with van der Waals surface area (Å²) in [4.78, 5) is 11.5. The molecule has 2 rings (SSSR count). The summed E-state index contributed by atoms with van der Waals surface area (Å²) in [6.07, 6.45) is 1.61. The number of aromatic nitrogens is 4. The molecule has 0 saturated carbocycles. The number of carbonyl (C=O) groups is 1. The molecule has 19 heavy (non-hydrogen) atoms. The highest BCUT2D eigenvalue weighted by atomic mass is 16.5. The van der Waals surface area contributed by atoms with E-state index in [0.29, 0.717) is 5.75 Å². The number of methoxy groups -OCH3 is 2. The van der Waals surface area contributed by atoms with Crippen LogP contribution in [-0.2, 0) is 9.53 Å². The minimum absolute atomic E-state index is 0.148. The third-order valence-electron chi connectivity index (χ3n) is 2.75. The number of carbonyl (C=O) groups excluding carboxylic acids is 1. The molecule has 0 unspecified atom stereocenters. The van der Waals surface area contributed by atoms with Crippen LogP contribution in [0.4, 0.5) is 0 Å². The summed E-state index contributed by atoms with van der Waals surface area (Å²) >= 11 is 0. The molecule has 0 aliphatic heterocycles. The predicted molar refractivity (Wildman–Crippen MR) is 65.6 cm³/mol. The van der Waals surface area contributed by atoms with Gasteiger partial charge in [-0.05, 0) is 28.1 Å². The van der Waals surface area contributed by atoms with Crippen LogP contribution in [0.5, 0.6) is 5.75 Å². The van der Waals surface area contributed by atoms with E-state index in [1.807, 2.05) is 24.3 Å². The summed E-state index contributed by atoms with van der Waals surface area (Å²) in [6.45, 7) is 0. The van der Waals surface area contributed by atoms with Crippen molar-refractivity contribution < 1.29 is 14.3 Å². The number of ether oxygens (including phenoxy) is 2. The molecule has 0 fully saturated rings. The Hall–Kier alpha value is -2.44. The standard InChI is InChI=1S/C12H14N4O3/c1-18-10-5-3-4-9(6-10)11(7-12(17)19-2)16-8-13-14-15-16/h3-6,8,11H,7H2,1-2H3/t11-/m1/s1. The van der Waals surface area contributed by atoms with Crippen LogP contribution in [0.15, 0.2) is 30.6 Å². The zero-order valence-electron chi connectivity index (χ0n) is 10.7. The number of hydrogen-bond acceptors (Lipinski definition) is 6. The summed E-state index contributed by atoms with van der Waals surface area (Å²) in [7, 11) is 2.94. The third kappa shape index (κ3) is 3.06.